The van der Waals surface area contributed by atoms with E-state index < -0.39 is 0 Å². The molecule has 2 aliphatic heterocycles. The van der Waals surface area contributed by atoms with Gasteiger partial charge in [0.05, 0.1) is 13.2 Å². The number of piperidine rings is 1. The fourth-order valence-corrected chi connectivity index (χ4v) is 4.40. The molecule has 1 aromatic carbocycles. The van der Waals surface area contributed by atoms with Gasteiger partial charge in [0.2, 0.25) is 0 Å². The first kappa shape index (κ1) is 23.9. The average Bonchev–Trinajstić information content (AvgIpc) is 3.30. The summed E-state index contributed by atoms with van der Waals surface area (Å²) in [5.74, 6) is 2.32. The number of aliphatic imine (C=N–C) groups is 1. The molecule has 0 amide bonds. The molecule has 3 rings (SSSR count). The second-order valence-electron chi connectivity index (χ2n) is 9.09. The second kappa shape index (κ2) is 12.9. The van der Waals surface area contributed by atoms with Crippen molar-refractivity contribution in [3.05, 3.63) is 29.3 Å². The van der Waals surface area contributed by atoms with E-state index >= 15 is 0 Å². The van der Waals surface area contributed by atoms with E-state index in [1.54, 1.807) is 0 Å². The highest BCUT2D eigenvalue weighted by Gasteiger charge is 2.18. The first-order chi connectivity index (χ1) is 15.2. The Labute approximate surface area is 188 Å². The van der Waals surface area contributed by atoms with Gasteiger partial charge in [0.15, 0.2) is 5.96 Å². The van der Waals surface area contributed by atoms with Crippen LogP contribution in [0.4, 0.5) is 0 Å². The van der Waals surface area contributed by atoms with Gasteiger partial charge in [-0.25, -0.2) is 0 Å². The Morgan fingerprint density at radius 2 is 2.13 bits per heavy atom. The molecule has 2 unspecified atom stereocenters. The summed E-state index contributed by atoms with van der Waals surface area (Å²) in [5, 5.41) is 6.90. The number of rotatable bonds is 10. The number of hydrogen-bond donors (Lipinski definition) is 2. The van der Waals surface area contributed by atoms with E-state index in [-0.39, 0.29) is 0 Å². The van der Waals surface area contributed by atoms with Crippen LogP contribution in [-0.2, 0) is 11.3 Å². The summed E-state index contributed by atoms with van der Waals surface area (Å²) >= 11 is 0. The van der Waals surface area contributed by atoms with Gasteiger partial charge in [-0.15, -0.1) is 0 Å². The van der Waals surface area contributed by atoms with Gasteiger partial charge in [-0.2, -0.15) is 0 Å². The number of ether oxygens (including phenoxy) is 2. The van der Waals surface area contributed by atoms with Crippen LogP contribution in [0.3, 0.4) is 0 Å². The average molecular weight is 431 g/mol. The third kappa shape index (κ3) is 8.00. The molecule has 0 spiro atoms. The number of unbranched alkanes of at least 4 members (excludes halogenated alkanes) is 1. The minimum Gasteiger partial charge on any atom is -0.493 e. The number of aryl methyl sites for hydroxylation is 1. The number of benzene rings is 1. The van der Waals surface area contributed by atoms with Gasteiger partial charge in [0.1, 0.15) is 5.75 Å². The van der Waals surface area contributed by atoms with Crippen LogP contribution in [0.25, 0.3) is 0 Å². The van der Waals surface area contributed by atoms with Crippen molar-refractivity contribution in [1.29, 1.82) is 0 Å². The lowest BCUT2D eigenvalue weighted by atomic mass is 10.0. The standard InChI is InChI=1S/C25H42N4O2/c1-20-9-10-23(24(16-20)31-19-22-11-15-30-18-22)17-28-25(26-3)27-12-5-7-14-29-13-6-4-8-21(29)2/h9-10,16,21-22H,4-8,11-15,17-19H2,1-3H3,(H2,26,27,28). The SMILES string of the molecule is CN=C(NCCCCN1CCCCC1C)NCc1ccc(C)cc1OCC1CCOC1. The summed E-state index contributed by atoms with van der Waals surface area (Å²) in [6.45, 7) is 11.0. The number of nitrogens with zero attached hydrogens (tertiary/aromatic N) is 2. The zero-order valence-electron chi connectivity index (χ0n) is 19.8. The van der Waals surface area contributed by atoms with Crippen LogP contribution < -0.4 is 15.4 Å². The molecule has 0 saturated carbocycles. The molecule has 0 aliphatic carbocycles. The Balaban J connectivity index is 1.38. The van der Waals surface area contributed by atoms with E-state index in [9.17, 15) is 0 Å². The maximum absolute atomic E-state index is 6.16. The van der Waals surface area contributed by atoms with Crippen molar-refractivity contribution in [3.63, 3.8) is 0 Å². The molecule has 6 heteroatoms. The summed E-state index contributed by atoms with van der Waals surface area (Å²) in [6, 6.07) is 7.17. The molecule has 31 heavy (non-hydrogen) atoms. The topological polar surface area (TPSA) is 58.1 Å². The number of nitrogens with one attached hydrogen (secondary N) is 2. The maximum Gasteiger partial charge on any atom is 0.191 e. The van der Waals surface area contributed by atoms with Crippen LogP contribution in [0.5, 0.6) is 5.75 Å². The van der Waals surface area contributed by atoms with Gasteiger partial charge in [-0.1, -0.05) is 18.6 Å². The van der Waals surface area contributed by atoms with Crippen LogP contribution >= 0.6 is 0 Å². The molecule has 0 bridgehead atoms. The third-order valence-electron chi connectivity index (χ3n) is 6.50. The second-order valence-corrected chi connectivity index (χ2v) is 9.09. The maximum atomic E-state index is 6.16. The largest absolute Gasteiger partial charge is 0.493 e. The van der Waals surface area contributed by atoms with E-state index in [2.05, 4.69) is 52.6 Å². The Morgan fingerprint density at radius 1 is 1.23 bits per heavy atom. The molecule has 174 valence electrons. The van der Waals surface area contributed by atoms with E-state index in [1.165, 1.54) is 44.3 Å². The Bertz CT molecular complexity index is 688. The lowest BCUT2D eigenvalue weighted by Crippen LogP contribution is -2.39. The zero-order chi connectivity index (χ0) is 21.9. The zero-order valence-corrected chi connectivity index (χ0v) is 19.8. The molecule has 6 nitrogen and oxygen atoms in total. The molecule has 2 atom stereocenters. The molecular formula is C25H42N4O2. The van der Waals surface area contributed by atoms with E-state index in [4.69, 9.17) is 9.47 Å². The summed E-state index contributed by atoms with van der Waals surface area (Å²) in [4.78, 5) is 7.03. The minimum atomic E-state index is 0.503. The predicted octanol–water partition coefficient (Wildman–Crippen LogP) is 3.73. The van der Waals surface area contributed by atoms with Gasteiger partial charge < -0.3 is 25.0 Å². The highest BCUT2D eigenvalue weighted by atomic mass is 16.5. The number of hydrogen-bond acceptors (Lipinski definition) is 4. The summed E-state index contributed by atoms with van der Waals surface area (Å²) in [6.07, 6.45) is 7.59. The highest BCUT2D eigenvalue weighted by Crippen LogP contribution is 2.22. The van der Waals surface area contributed by atoms with Crippen LogP contribution in [0.2, 0.25) is 0 Å². The Morgan fingerprint density at radius 3 is 2.90 bits per heavy atom. The van der Waals surface area contributed by atoms with Crippen molar-refractivity contribution in [2.75, 3.05) is 46.5 Å². The molecule has 2 N–H and O–H groups in total. The fraction of sp³-hybridized carbons (Fsp3) is 0.720. The quantitative estimate of drug-likeness (QED) is 0.337. The van der Waals surface area contributed by atoms with Gasteiger partial charge in [-0.05, 0) is 70.7 Å². The van der Waals surface area contributed by atoms with E-state index in [0.29, 0.717) is 12.5 Å². The first-order valence-corrected chi connectivity index (χ1v) is 12.1. The van der Waals surface area contributed by atoms with Crippen molar-refractivity contribution in [1.82, 2.24) is 15.5 Å². The first-order valence-electron chi connectivity index (χ1n) is 12.1. The monoisotopic (exact) mass is 430 g/mol. The fourth-order valence-electron chi connectivity index (χ4n) is 4.40. The lowest BCUT2D eigenvalue weighted by Gasteiger charge is -2.33. The van der Waals surface area contributed by atoms with Crippen LogP contribution in [0.1, 0.15) is 56.6 Å². The minimum absolute atomic E-state index is 0.503. The van der Waals surface area contributed by atoms with E-state index in [0.717, 1.165) is 62.5 Å². The van der Waals surface area contributed by atoms with Gasteiger partial charge in [0, 0.05) is 44.3 Å². The van der Waals surface area contributed by atoms with Gasteiger partial charge >= 0.3 is 0 Å². The van der Waals surface area contributed by atoms with Crippen molar-refractivity contribution in [3.8, 4) is 5.75 Å². The van der Waals surface area contributed by atoms with Gasteiger partial charge in [0.25, 0.3) is 0 Å². The lowest BCUT2D eigenvalue weighted by molar-refractivity contribution is 0.158. The number of likely N-dealkylation sites (tertiary alicyclic amines) is 1. The molecule has 1 aromatic rings. The predicted molar refractivity (Wildman–Crippen MR) is 128 cm³/mol. The van der Waals surface area contributed by atoms with Crippen molar-refractivity contribution < 1.29 is 9.47 Å². The normalized spacial score (nSPS) is 22.5. The number of guanidine groups is 1. The Hall–Kier alpha value is -1.79. The molecule has 2 saturated heterocycles. The Kier molecular flexibility index (Phi) is 9.94. The molecule has 0 radical (unpaired) electrons. The van der Waals surface area contributed by atoms with Crippen molar-refractivity contribution in [2.24, 2.45) is 10.9 Å². The molecule has 0 aromatic heterocycles. The van der Waals surface area contributed by atoms with Gasteiger partial charge in [-0.3, -0.25) is 4.99 Å². The van der Waals surface area contributed by atoms with Crippen LogP contribution in [0, 0.1) is 12.8 Å². The van der Waals surface area contributed by atoms with Crippen molar-refractivity contribution in [2.45, 2.75) is 65.0 Å². The molecule has 2 heterocycles. The highest BCUT2D eigenvalue weighted by molar-refractivity contribution is 5.79. The van der Waals surface area contributed by atoms with E-state index in [1.807, 2.05) is 7.05 Å². The summed E-state index contributed by atoms with van der Waals surface area (Å²) < 4.78 is 11.6. The van der Waals surface area contributed by atoms with Crippen LogP contribution in [-0.4, -0.2) is 63.4 Å². The molecule has 2 aliphatic rings. The smallest absolute Gasteiger partial charge is 0.191 e. The van der Waals surface area contributed by atoms with Crippen molar-refractivity contribution >= 4 is 5.96 Å². The van der Waals surface area contributed by atoms with Crippen LogP contribution in [0.15, 0.2) is 23.2 Å². The summed E-state index contributed by atoms with van der Waals surface area (Å²) in [7, 11) is 1.83. The molecule has 2 fully saturated rings. The summed E-state index contributed by atoms with van der Waals surface area (Å²) in [5.41, 5.74) is 2.37. The molecular weight excluding hydrogens is 388 g/mol. The third-order valence-corrected chi connectivity index (χ3v) is 6.50.